The molecule has 0 amide bonds. The Balaban J connectivity index is 1.70. The van der Waals surface area contributed by atoms with E-state index in [1.807, 2.05) is 31.2 Å². The van der Waals surface area contributed by atoms with Gasteiger partial charge in [0, 0.05) is 44.2 Å². The third-order valence-electron chi connectivity index (χ3n) is 2.63. The molecule has 1 unspecified atom stereocenters. The highest BCUT2D eigenvalue weighted by atomic mass is 32.2. The number of nitrogens with zero attached hydrogens (tertiary/aromatic N) is 2. The topological polar surface area (TPSA) is 29.9 Å². The average molecular weight is 211 g/mol. The van der Waals surface area contributed by atoms with Gasteiger partial charge < -0.3 is 9.88 Å². The lowest BCUT2D eigenvalue weighted by Gasteiger charge is -2.10. The van der Waals surface area contributed by atoms with Crippen molar-refractivity contribution in [1.29, 1.82) is 0 Å². The van der Waals surface area contributed by atoms with Gasteiger partial charge in [0.25, 0.3) is 0 Å². The average Bonchev–Trinajstić information content (AvgIpc) is 2.78. The van der Waals surface area contributed by atoms with Crippen LogP contribution in [0.15, 0.2) is 12.4 Å². The number of aryl methyl sites for hydroxylation is 1. The second-order valence-corrected chi connectivity index (χ2v) is 4.87. The van der Waals surface area contributed by atoms with E-state index < -0.39 is 0 Å². The Morgan fingerprint density at radius 2 is 2.64 bits per heavy atom. The van der Waals surface area contributed by atoms with Crippen LogP contribution in [0.5, 0.6) is 0 Å². The summed E-state index contributed by atoms with van der Waals surface area (Å²) in [5.74, 6) is 3.77. The summed E-state index contributed by atoms with van der Waals surface area (Å²) in [6.07, 6.45) is 6.22. The molecule has 0 saturated carbocycles. The predicted octanol–water partition coefficient (Wildman–Crippen LogP) is 1.06. The molecule has 1 fully saturated rings. The van der Waals surface area contributed by atoms with Gasteiger partial charge in [-0.3, -0.25) is 0 Å². The Morgan fingerprint density at radius 1 is 1.71 bits per heavy atom. The second-order valence-electron chi connectivity index (χ2n) is 3.72. The maximum absolute atomic E-state index is 4.30. The predicted molar refractivity (Wildman–Crippen MR) is 60.6 cm³/mol. The molecule has 0 spiro atoms. The summed E-state index contributed by atoms with van der Waals surface area (Å²) in [4.78, 5) is 4.30. The highest BCUT2D eigenvalue weighted by Crippen LogP contribution is 2.16. The molecule has 1 N–H and O–H groups in total. The molecule has 78 valence electrons. The van der Waals surface area contributed by atoms with Gasteiger partial charge in [0.1, 0.15) is 5.82 Å². The summed E-state index contributed by atoms with van der Waals surface area (Å²) in [6.45, 7) is 1.05. The van der Waals surface area contributed by atoms with E-state index in [1.165, 1.54) is 23.8 Å². The largest absolute Gasteiger partial charge is 0.338 e. The van der Waals surface area contributed by atoms with Crippen molar-refractivity contribution < 1.29 is 0 Å². The van der Waals surface area contributed by atoms with E-state index >= 15 is 0 Å². The van der Waals surface area contributed by atoms with Gasteiger partial charge in [0.05, 0.1) is 0 Å². The molecule has 1 atom stereocenters. The van der Waals surface area contributed by atoms with Crippen molar-refractivity contribution in [1.82, 2.24) is 14.9 Å². The van der Waals surface area contributed by atoms with Crippen LogP contribution >= 0.6 is 11.8 Å². The Kier molecular flexibility index (Phi) is 3.48. The van der Waals surface area contributed by atoms with Gasteiger partial charge in [0.15, 0.2) is 0 Å². The van der Waals surface area contributed by atoms with E-state index in [2.05, 4.69) is 14.9 Å². The first-order valence-electron chi connectivity index (χ1n) is 5.13. The molecule has 0 aliphatic carbocycles. The summed E-state index contributed by atoms with van der Waals surface area (Å²) < 4.78 is 2.09. The van der Waals surface area contributed by atoms with Crippen LogP contribution in [0.3, 0.4) is 0 Å². The van der Waals surface area contributed by atoms with Crippen molar-refractivity contribution >= 4 is 11.8 Å². The minimum absolute atomic E-state index is 0.736. The molecular weight excluding hydrogens is 194 g/mol. The Bertz CT molecular complexity index is 279. The third-order valence-corrected chi connectivity index (χ3v) is 3.79. The number of nitrogens with one attached hydrogen (secondary N) is 1. The van der Waals surface area contributed by atoms with Gasteiger partial charge >= 0.3 is 0 Å². The van der Waals surface area contributed by atoms with Crippen molar-refractivity contribution in [2.24, 2.45) is 7.05 Å². The molecule has 0 radical (unpaired) electrons. The first kappa shape index (κ1) is 10.1. The maximum atomic E-state index is 4.30. The lowest BCUT2D eigenvalue weighted by molar-refractivity contribution is 0.551. The van der Waals surface area contributed by atoms with Crippen LogP contribution in [-0.2, 0) is 13.5 Å². The van der Waals surface area contributed by atoms with E-state index in [1.54, 1.807) is 0 Å². The smallest absolute Gasteiger partial charge is 0.109 e. The zero-order chi connectivity index (χ0) is 9.80. The molecule has 1 aromatic rings. The van der Waals surface area contributed by atoms with Crippen molar-refractivity contribution in [2.45, 2.75) is 18.9 Å². The minimum atomic E-state index is 0.736. The first-order chi connectivity index (χ1) is 6.86. The van der Waals surface area contributed by atoms with Gasteiger partial charge in [-0.25, -0.2) is 4.98 Å². The van der Waals surface area contributed by atoms with Gasteiger partial charge in [-0.2, -0.15) is 11.8 Å². The Labute approximate surface area is 89.3 Å². The lowest BCUT2D eigenvalue weighted by Crippen LogP contribution is -2.30. The summed E-state index contributed by atoms with van der Waals surface area (Å²) in [5.41, 5.74) is 0. The highest BCUT2D eigenvalue weighted by molar-refractivity contribution is 7.99. The fraction of sp³-hybridized carbons (Fsp3) is 0.700. The van der Waals surface area contributed by atoms with Gasteiger partial charge in [-0.15, -0.1) is 0 Å². The zero-order valence-electron chi connectivity index (χ0n) is 8.57. The lowest BCUT2D eigenvalue weighted by atomic mass is 10.2. The first-order valence-corrected chi connectivity index (χ1v) is 6.29. The standard InChI is InChI=1S/C10H17N3S/c1-13-6-5-12-10(13)2-4-11-9-3-7-14-8-9/h5-6,9,11H,2-4,7-8H2,1H3. The van der Waals surface area contributed by atoms with Crippen molar-refractivity contribution in [3.05, 3.63) is 18.2 Å². The molecule has 14 heavy (non-hydrogen) atoms. The zero-order valence-corrected chi connectivity index (χ0v) is 9.39. The van der Waals surface area contributed by atoms with Crippen LogP contribution in [0.2, 0.25) is 0 Å². The molecule has 1 aliphatic rings. The van der Waals surface area contributed by atoms with Crippen LogP contribution in [0, 0.1) is 0 Å². The van der Waals surface area contributed by atoms with Crippen LogP contribution < -0.4 is 5.32 Å². The quantitative estimate of drug-likeness (QED) is 0.807. The third kappa shape index (κ3) is 2.51. The van der Waals surface area contributed by atoms with Crippen LogP contribution in [0.4, 0.5) is 0 Å². The number of hydrogen-bond donors (Lipinski definition) is 1. The fourth-order valence-corrected chi connectivity index (χ4v) is 2.91. The van der Waals surface area contributed by atoms with E-state index in [-0.39, 0.29) is 0 Å². The molecule has 0 aromatic carbocycles. The van der Waals surface area contributed by atoms with Gasteiger partial charge in [-0.05, 0) is 12.2 Å². The summed E-state index contributed by atoms with van der Waals surface area (Å²) in [6, 6.07) is 0.736. The highest BCUT2D eigenvalue weighted by Gasteiger charge is 2.14. The maximum Gasteiger partial charge on any atom is 0.109 e. The normalized spacial score (nSPS) is 21.6. The molecule has 2 rings (SSSR count). The molecule has 1 aliphatic heterocycles. The molecule has 3 nitrogen and oxygen atoms in total. The molecule has 2 heterocycles. The Morgan fingerprint density at radius 3 is 3.29 bits per heavy atom. The van der Waals surface area contributed by atoms with Gasteiger partial charge in [-0.1, -0.05) is 0 Å². The summed E-state index contributed by atoms with van der Waals surface area (Å²) in [5, 5.41) is 3.57. The van der Waals surface area contributed by atoms with E-state index in [0.717, 1.165) is 19.0 Å². The Hall–Kier alpha value is -0.480. The summed E-state index contributed by atoms with van der Waals surface area (Å²) >= 11 is 2.05. The number of thioether (sulfide) groups is 1. The number of imidazole rings is 1. The van der Waals surface area contributed by atoms with E-state index in [4.69, 9.17) is 0 Å². The number of hydrogen-bond acceptors (Lipinski definition) is 3. The van der Waals surface area contributed by atoms with Crippen LogP contribution in [-0.4, -0.2) is 33.6 Å². The molecule has 1 saturated heterocycles. The number of aromatic nitrogens is 2. The second kappa shape index (κ2) is 4.84. The molecule has 1 aromatic heterocycles. The van der Waals surface area contributed by atoms with Crippen molar-refractivity contribution in [2.75, 3.05) is 18.1 Å². The van der Waals surface area contributed by atoms with Crippen molar-refractivity contribution in [3.8, 4) is 0 Å². The molecular formula is C10H17N3S. The van der Waals surface area contributed by atoms with Crippen molar-refractivity contribution in [3.63, 3.8) is 0 Å². The van der Waals surface area contributed by atoms with E-state index in [0.29, 0.717) is 0 Å². The minimum Gasteiger partial charge on any atom is -0.338 e. The van der Waals surface area contributed by atoms with Crippen LogP contribution in [0.1, 0.15) is 12.2 Å². The fourth-order valence-electron chi connectivity index (χ4n) is 1.72. The monoisotopic (exact) mass is 211 g/mol. The molecule has 4 heteroatoms. The number of rotatable bonds is 4. The van der Waals surface area contributed by atoms with Crippen LogP contribution in [0.25, 0.3) is 0 Å². The van der Waals surface area contributed by atoms with E-state index in [9.17, 15) is 0 Å². The summed E-state index contributed by atoms with van der Waals surface area (Å²) in [7, 11) is 2.05. The van der Waals surface area contributed by atoms with Gasteiger partial charge in [0.2, 0.25) is 0 Å². The SMILES string of the molecule is Cn1ccnc1CCNC1CCSC1. The molecule has 0 bridgehead atoms.